The summed E-state index contributed by atoms with van der Waals surface area (Å²) in [4.78, 5) is 0. The van der Waals surface area contributed by atoms with Gasteiger partial charge in [-0.3, -0.25) is 0 Å². The van der Waals surface area contributed by atoms with E-state index in [1.807, 2.05) is 0 Å². The minimum atomic E-state index is 1.08. The summed E-state index contributed by atoms with van der Waals surface area (Å²) < 4.78 is 0. The summed E-state index contributed by atoms with van der Waals surface area (Å²) in [6.45, 7) is 12.5. The van der Waals surface area contributed by atoms with Crippen LogP contribution in [0, 0.1) is 5.92 Å². The van der Waals surface area contributed by atoms with Crippen molar-refractivity contribution in [2.24, 2.45) is 5.92 Å². The molecule has 0 bridgehead atoms. The van der Waals surface area contributed by atoms with Gasteiger partial charge in [-0.25, -0.2) is 0 Å². The topological polar surface area (TPSA) is 0 Å². The van der Waals surface area contributed by atoms with Crippen molar-refractivity contribution >= 4 is 0 Å². The first-order chi connectivity index (χ1) is 4.31. The first-order valence-electron chi connectivity index (χ1n) is 3.81. The van der Waals surface area contributed by atoms with E-state index in [4.69, 9.17) is 0 Å². The second-order valence-electron chi connectivity index (χ2n) is 2.39. The van der Waals surface area contributed by atoms with Crippen LogP contribution in [0.5, 0.6) is 0 Å². The Hall–Kier alpha value is -0.260. The molecule has 0 heteroatoms. The maximum Gasteiger partial charge on any atom is -0.0443 e. The third-order valence-electron chi connectivity index (χ3n) is 0.866. The minimum Gasteiger partial charge on any atom is -0.106 e. The lowest BCUT2D eigenvalue weighted by Gasteiger charge is -1.53. The van der Waals surface area contributed by atoms with Gasteiger partial charge in [-0.05, 0) is 5.92 Å². The molecule has 1 aliphatic rings. The molecule has 9 heavy (non-hydrogen) atoms. The molecule has 0 saturated heterocycles. The number of rotatable bonds is 0. The highest BCUT2D eigenvalue weighted by molar-refractivity contribution is 4.65. The Morgan fingerprint density at radius 2 is 1.33 bits per heavy atom. The lowest BCUT2D eigenvalue weighted by molar-refractivity contribution is 0.983. The average Bonchev–Trinajstić information content (AvgIpc) is 2.59. The van der Waals surface area contributed by atoms with E-state index in [1.165, 1.54) is 19.3 Å². The van der Waals surface area contributed by atoms with Crippen LogP contribution in [-0.2, 0) is 0 Å². The molecule has 1 aliphatic carbocycles. The fourth-order valence-corrected chi connectivity index (χ4v) is 0.167. The van der Waals surface area contributed by atoms with Crippen LogP contribution in [0.1, 0.15) is 40.0 Å². The average molecular weight is 128 g/mol. The zero-order chi connectivity index (χ0) is 7.70. The Morgan fingerprint density at radius 3 is 1.33 bits per heavy atom. The molecule has 0 unspecified atom stereocenters. The van der Waals surface area contributed by atoms with Crippen LogP contribution in [0.3, 0.4) is 0 Å². The summed E-state index contributed by atoms with van der Waals surface area (Å²) >= 11 is 0. The van der Waals surface area contributed by atoms with Gasteiger partial charge in [-0.2, -0.15) is 0 Å². The predicted octanol–water partition coefficient (Wildman–Crippen LogP) is 3.63. The Balaban J connectivity index is 0. The zero-order valence-electron chi connectivity index (χ0n) is 7.11. The Morgan fingerprint density at radius 1 is 1.22 bits per heavy atom. The molecule has 0 aliphatic heterocycles. The second kappa shape index (κ2) is 10.7. The van der Waals surface area contributed by atoms with Crippen LogP contribution >= 0.6 is 0 Å². The molecule has 0 amide bonds. The first kappa shape index (κ1) is 11.5. The largest absolute Gasteiger partial charge is 0.106 e. The number of hydrogen-bond acceptors (Lipinski definition) is 0. The summed E-state index contributed by atoms with van der Waals surface area (Å²) in [6, 6.07) is 0. The molecular weight excluding hydrogens is 108 g/mol. The van der Waals surface area contributed by atoms with Crippen molar-refractivity contribution < 1.29 is 0 Å². The first-order valence-corrected chi connectivity index (χ1v) is 3.81. The molecule has 0 aromatic rings. The molecule has 0 aromatic carbocycles. The summed E-state index contributed by atoms with van der Waals surface area (Å²) in [7, 11) is 0. The molecule has 1 saturated carbocycles. The standard InChI is InChI=1S/C4H8.C3H8.C2H4/c1-4-2-3-4;1-3-2;1-2/h4H,2-3H2,1H3;3H2,1-2H3;1-2H2. The molecule has 0 spiro atoms. The minimum absolute atomic E-state index is 1.08. The van der Waals surface area contributed by atoms with Crippen LogP contribution in [0.15, 0.2) is 13.2 Å². The van der Waals surface area contributed by atoms with E-state index in [9.17, 15) is 0 Å². The monoisotopic (exact) mass is 128 g/mol. The Labute approximate surface area is 60.0 Å². The van der Waals surface area contributed by atoms with Crippen LogP contribution in [0.25, 0.3) is 0 Å². The highest BCUT2D eigenvalue weighted by atomic mass is 14.2. The van der Waals surface area contributed by atoms with Gasteiger partial charge in [0.15, 0.2) is 0 Å². The van der Waals surface area contributed by atoms with Gasteiger partial charge in [0.25, 0.3) is 0 Å². The normalized spacial score (nSPS) is 14.1. The van der Waals surface area contributed by atoms with Crippen molar-refractivity contribution in [3.05, 3.63) is 13.2 Å². The molecule has 0 atom stereocenters. The fourth-order valence-electron chi connectivity index (χ4n) is 0.167. The molecular formula is C9H20. The van der Waals surface area contributed by atoms with Gasteiger partial charge in [0, 0.05) is 0 Å². The van der Waals surface area contributed by atoms with Gasteiger partial charge in [0.1, 0.15) is 0 Å². The van der Waals surface area contributed by atoms with Crippen LogP contribution < -0.4 is 0 Å². The quantitative estimate of drug-likeness (QED) is 0.437. The number of hydrogen-bond donors (Lipinski definition) is 0. The lowest BCUT2D eigenvalue weighted by atomic mass is 10.5. The SMILES string of the molecule is C=C.CC1CC1.CCC. The van der Waals surface area contributed by atoms with Crippen molar-refractivity contribution in [3.63, 3.8) is 0 Å². The van der Waals surface area contributed by atoms with Gasteiger partial charge in [0.2, 0.25) is 0 Å². The molecule has 0 nitrogen and oxygen atoms in total. The van der Waals surface area contributed by atoms with E-state index in [-0.39, 0.29) is 0 Å². The Kier molecular flexibility index (Phi) is 13.7. The van der Waals surface area contributed by atoms with Gasteiger partial charge in [0.05, 0.1) is 0 Å². The highest BCUT2D eigenvalue weighted by Crippen LogP contribution is 2.26. The van der Waals surface area contributed by atoms with E-state index in [0.29, 0.717) is 0 Å². The summed E-state index contributed by atoms with van der Waals surface area (Å²) in [5, 5.41) is 0. The molecule has 0 aromatic heterocycles. The lowest BCUT2D eigenvalue weighted by Crippen LogP contribution is -1.42. The van der Waals surface area contributed by atoms with Gasteiger partial charge < -0.3 is 0 Å². The summed E-state index contributed by atoms with van der Waals surface area (Å²) in [6.07, 6.45) is 4.22. The van der Waals surface area contributed by atoms with Crippen molar-refractivity contribution in [2.75, 3.05) is 0 Å². The van der Waals surface area contributed by atoms with Crippen LogP contribution in [0.4, 0.5) is 0 Å². The summed E-state index contributed by atoms with van der Waals surface area (Å²) in [5.74, 6) is 1.08. The van der Waals surface area contributed by atoms with Gasteiger partial charge >= 0.3 is 0 Å². The van der Waals surface area contributed by atoms with E-state index < -0.39 is 0 Å². The van der Waals surface area contributed by atoms with E-state index in [2.05, 4.69) is 33.9 Å². The van der Waals surface area contributed by atoms with Crippen molar-refractivity contribution in [1.82, 2.24) is 0 Å². The predicted molar refractivity (Wildman–Crippen MR) is 45.6 cm³/mol. The van der Waals surface area contributed by atoms with E-state index in [1.54, 1.807) is 0 Å². The highest BCUT2D eigenvalue weighted by Gasteiger charge is 2.12. The third-order valence-corrected chi connectivity index (χ3v) is 0.866. The van der Waals surface area contributed by atoms with Crippen LogP contribution in [-0.4, -0.2) is 0 Å². The van der Waals surface area contributed by atoms with Crippen molar-refractivity contribution in [1.29, 1.82) is 0 Å². The second-order valence-corrected chi connectivity index (χ2v) is 2.39. The fraction of sp³-hybridized carbons (Fsp3) is 0.778. The molecule has 1 rings (SSSR count). The molecule has 0 heterocycles. The summed E-state index contributed by atoms with van der Waals surface area (Å²) in [5.41, 5.74) is 0. The van der Waals surface area contributed by atoms with Crippen LogP contribution in [0.2, 0.25) is 0 Å². The zero-order valence-corrected chi connectivity index (χ0v) is 7.11. The molecule has 1 fully saturated rings. The van der Waals surface area contributed by atoms with Gasteiger partial charge in [-0.1, -0.05) is 40.0 Å². The van der Waals surface area contributed by atoms with Crippen molar-refractivity contribution in [2.45, 2.75) is 40.0 Å². The maximum atomic E-state index is 3.00. The van der Waals surface area contributed by atoms with Crippen molar-refractivity contribution in [3.8, 4) is 0 Å². The molecule has 0 radical (unpaired) electrons. The smallest absolute Gasteiger partial charge is 0.0443 e. The third kappa shape index (κ3) is 34.0. The van der Waals surface area contributed by atoms with E-state index in [0.717, 1.165) is 5.92 Å². The molecule has 0 N–H and O–H groups in total. The molecule has 56 valence electrons. The maximum absolute atomic E-state index is 3.00. The van der Waals surface area contributed by atoms with E-state index >= 15 is 0 Å². The van der Waals surface area contributed by atoms with Gasteiger partial charge in [-0.15, -0.1) is 13.2 Å². The Bertz CT molecular complexity index is 35.3.